The van der Waals surface area contributed by atoms with Gasteiger partial charge in [0.1, 0.15) is 5.82 Å². The first-order valence-electron chi connectivity index (χ1n) is 9.40. The van der Waals surface area contributed by atoms with Crippen LogP contribution in [0, 0.1) is 0 Å². The lowest BCUT2D eigenvalue weighted by Gasteiger charge is -2.20. The largest absolute Gasteiger partial charge is 0.384 e. The molecule has 8 nitrogen and oxygen atoms in total. The van der Waals surface area contributed by atoms with Crippen LogP contribution in [0.5, 0.6) is 0 Å². The molecule has 150 valence electrons. The predicted molar refractivity (Wildman–Crippen MR) is 115 cm³/mol. The van der Waals surface area contributed by atoms with Gasteiger partial charge in [0, 0.05) is 36.1 Å². The van der Waals surface area contributed by atoms with Crippen molar-refractivity contribution in [2.75, 3.05) is 11.5 Å². The van der Waals surface area contributed by atoms with Crippen molar-refractivity contribution in [3.05, 3.63) is 90.5 Å². The van der Waals surface area contributed by atoms with Crippen molar-refractivity contribution in [2.24, 2.45) is 0 Å². The van der Waals surface area contributed by atoms with Gasteiger partial charge >= 0.3 is 0 Å². The highest BCUT2D eigenvalue weighted by molar-refractivity contribution is 5.95. The van der Waals surface area contributed by atoms with Crippen molar-refractivity contribution >= 4 is 17.7 Å². The Balaban J connectivity index is 1.59. The third kappa shape index (κ3) is 4.44. The van der Waals surface area contributed by atoms with Gasteiger partial charge < -0.3 is 21.4 Å². The Bertz CT molecular complexity index is 1120. The monoisotopic (exact) mass is 399 g/mol. The number of nitrogen functional groups attached to an aromatic ring is 2. The third-order valence-corrected chi connectivity index (χ3v) is 4.64. The van der Waals surface area contributed by atoms with Crippen LogP contribution in [0.25, 0.3) is 11.3 Å². The maximum Gasteiger partial charge on any atom is 0.251 e. The van der Waals surface area contributed by atoms with E-state index >= 15 is 0 Å². The molecule has 0 spiro atoms. The van der Waals surface area contributed by atoms with E-state index < -0.39 is 0 Å². The van der Waals surface area contributed by atoms with Crippen LogP contribution in [-0.4, -0.2) is 25.4 Å². The van der Waals surface area contributed by atoms with E-state index in [1.807, 2.05) is 47.2 Å². The normalized spacial score (nSPS) is 11.7. The first kappa shape index (κ1) is 19.1. The molecule has 2 aromatic heterocycles. The maximum absolute atomic E-state index is 13.1. The molecule has 5 N–H and O–H groups in total. The molecular formula is C22H21N7O. The van der Waals surface area contributed by atoms with Crippen LogP contribution in [0.1, 0.15) is 22.0 Å². The number of imidazole rings is 1. The van der Waals surface area contributed by atoms with Gasteiger partial charge in [-0.25, -0.2) is 9.97 Å². The van der Waals surface area contributed by atoms with Gasteiger partial charge in [-0.15, -0.1) is 0 Å². The highest BCUT2D eigenvalue weighted by Gasteiger charge is 2.17. The van der Waals surface area contributed by atoms with E-state index in [0.29, 0.717) is 17.8 Å². The second kappa shape index (κ2) is 8.44. The topological polar surface area (TPSA) is 125 Å². The minimum atomic E-state index is -0.220. The molecule has 0 saturated heterocycles. The van der Waals surface area contributed by atoms with Crippen molar-refractivity contribution < 1.29 is 4.79 Å². The molecule has 2 heterocycles. The zero-order chi connectivity index (χ0) is 20.9. The Labute approximate surface area is 173 Å². The van der Waals surface area contributed by atoms with Crippen molar-refractivity contribution in [1.82, 2.24) is 24.8 Å². The lowest BCUT2D eigenvalue weighted by atomic mass is 10.0. The fraction of sp³-hybridized carbons (Fsp3) is 0.0909. The Morgan fingerprint density at radius 2 is 1.87 bits per heavy atom. The Kier molecular flexibility index (Phi) is 5.38. The number of carbonyl (C=O) groups is 1. The fourth-order valence-corrected chi connectivity index (χ4v) is 3.22. The van der Waals surface area contributed by atoms with Crippen LogP contribution in [0.4, 0.5) is 11.8 Å². The van der Waals surface area contributed by atoms with Crippen LogP contribution >= 0.6 is 0 Å². The first-order valence-corrected chi connectivity index (χ1v) is 9.40. The van der Waals surface area contributed by atoms with Crippen LogP contribution in [-0.2, 0) is 6.54 Å². The molecule has 8 heteroatoms. The van der Waals surface area contributed by atoms with E-state index in [2.05, 4.69) is 20.3 Å². The average molecular weight is 399 g/mol. The zero-order valence-corrected chi connectivity index (χ0v) is 16.1. The summed E-state index contributed by atoms with van der Waals surface area (Å²) in [6.07, 6.45) is 5.31. The third-order valence-electron chi connectivity index (χ3n) is 4.64. The van der Waals surface area contributed by atoms with E-state index in [1.165, 1.54) is 0 Å². The van der Waals surface area contributed by atoms with Gasteiger partial charge in [0.15, 0.2) is 0 Å². The Morgan fingerprint density at radius 3 is 2.60 bits per heavy atom. The summed E-state index contributed by atoms with van der Waals surface area (Å²) < 4.78 is 1.93. The van der Waals surface area contributed by atoms with Crippen molar-refractivity contribution in [2.45, 2.75) is 12.6 Å². The standard InChI is InChI=1S/C22H21N7O/c23-20-12-18(27-22(24)28-20)16-7-4-8-17(11-16)21(30)26-19(13-29-10-9-25-14-29)15-5-2-1-3-6-15/h1-12,14,19H,13H2,(H,26,30)(H4,23,24,27,28). The molecule has 4 aromatic rings. The van der Waals surface area contributed by atoms with Crippen LogP contribution < -0.4 is 16.8 Å². The molecule has 4 rings (SSSR count). The minimum Gasteiger partial charge on any atom is -0.384 e. The second-order valence-electron chi connectivity index (χ2n) is 6.81. The van der Waals surface area contributed by atoms with Crippen LogP contribution in [0.15, 0.2) is 79.4 Å². The SMILES string of the molecule is Nc1cc(-c2cccc(C(=O)NC(Cn3ccnc3)c3ccccc3)c2)nc(N)n1. The number of nitrogens with two attached hydrogens (primary N) is 2. The Morgan fingerprint density at radius 1 is 1.03 bits per heavy atom. The first-order chi connectivity index (χ1) is 14.6. The average Bonchev–Trinajstić information content (AvgIpc) is 3.26. The number of hydrogen-bond acceptors (Lipinski definition) is 6. The number of carbonyl (C=O) groups excluding carboxylic acids is 1. The molecule has 0 aliphatic carbocycles. The van der Waals surface area contributed by atoms with Crippen molar-refractivity contribution in [3.63, 3.8) is 0 Å². The summed E-state index contributed by atoms with van der Waals surface area (Å²) in [5.41, 5.74) is 14.3. The molecule has 0 bridgehead atoms. The number of benzene rings is 2. The molecule has 2 aromatic carbocycles. The molecule has 1 atom stereocenters. The number of rotatable bonds is 6. The van der Waals surface area contributed by atoms with E-state index in [-0.39, 0.29) is 23.7 Å². The summed E-state index contributed by atoms with van der Waals surface area (Å²) >= 11 is 0. The number of hydrogen-bond donors (Lipinski definition) is 3. The maximum atomic E-state index is 13.1. The van der Waals surface area contributed by atoms with Gasteiger partial charge in [-0.3, -0.25) is 4.79 Å². The lowest BCUT2D eigenvalue weighted by molar-refractivity contribution is 0.0932. The lowest BCUT2D eigenvalue weighted by Crippen LogP contribution is -2.31. The van der Waals surface area contributed by atoms with Gasteiger partial charge in [0.25, 0.3) is 5.91 Å². The predicted octanol–water partition coefficient (Wildman–Crippen LogP) is 2.68. The van der Waals surface area contributed by atoms with E-state index in [4.69, 9.17) is 11.5 Å². The number of nitrogens with zero attached hydrogens (tertiary/aromatic N) is 4. The highest BCUT2D eigenvalue weighted by Crippen LogP contribution is 2.22. The highest BCUT2D eigenvalue weighted by atomic mass is 16.1. The summed E-state index contributed by atoms with van der Waals surface area (Å²) in [5, 5.41) is 3.12. The summed E-state index contributed by atoms with van der Waals surface area (Å²) in [5.74, 6) is 0.168. The van der Waals surface area contributed by atoms with Gasteiger partial charge in [0.2, 0.25) is 5.95 Å². The minimum absolute atomic E-state index is 0.0873. The zero-order valence-electron chi connectivity index (χ0n) is 16.1. The number of aromatic nitrogens is 4. The molecule has 0 radical (unpaired) electrons. The summed E-state index contributed by atoms with van der Waals surface area (Å²) in [6, 6.07) is 18.4. The number of anilines is 2. The summed E-state index contributed by atoms with van der Waals surface area (Å²) in [6.45, 7) is 0.564. The van der Waals surface area contributed by atoms with E-state index in [1.54, 1.807) is 36.8 Å². The van der Waals surface area contributed by atoms with Gasteiger partial charge in [0.05, 0.1) is 18.1 Å². The molecule has 0 fully saturated rings. The van der Waals surface area contributed by atoms with Gasteiger partial charge in [-0.05, 0) is 17.7 Å². The van der Waals surface area contributed by atoms with E-state index in [0.717, 1.165) is 11.1 Å². The van der Waals surface area contributed by atoms with Crippen molar-refractivity contribution in [3.8, 4) is 11.3 Å². The Hall–Kier alpha value is -4.20. The van der Waals surface area contributed by atoms with E-state index in [9.17, 15) is 4.79 Å². The molecule has 0 aliphatic heterocycles. The smallest absolute Gasteiger partial charge is 0.251 e. The quantitative estimate of drug-likeness (QED) is 0.458. The molecule has 0 saturated carbocycles. The van der Waals surface area contributed by atoms with Gasteiger partial charge in [-0.1, -0.05) is 42.5 Å². The molecule has 1 amide bonds. The molecular weight excluding hydrogens is 378 g/mol. The molecule has 1 unspecified atom stereocenters. The number of nitrogens with one attached hydrogen (secondary N) is 1. The second-order valence-corrected chi connectivity index (χ2v) is 6.81. The summed E-state index contributed by atoms with van der Waals surface area (Å²) in [4.78, 5) is 25.2. The number of amides is 1. The molecule has 0 aliphatic rings. The van der Waals surface area contributed by atoms with Crippen molar-refractivity contribution in [1.29, 1.82) is 0 Å². The fourth-order valence-electron chi connectivity index (χ4n) is 3.22. The van der Waals surface area contributed by atoms with Crippen LogP contribution in [0.2, 0.25) is 0 Å². The van der Waals surface area contributed by atoms with Gasteiger partial charge in [-0.2, -0.15) is 4.98 Å². The van der Waals surface area contributed by atoms with Crippen LogP contribution in [0.3, 0.4) is 0 Å². The summed E-state index contributed by atoms with van der Waals surface area (Å²) in [7, 11) is 0. The molecule has 30 heavy (non-hydrogen) atoms.